The molecule has 0 unspecified atom stereocenters. The van der Waals surface area contributed by atoms with E-state index >= 15 is 0 Å². The van der Waals surface area contributed by atoms with Crippen molar-refractivity contribution in [2.24, 2.45) is 0 Å². The fraction of sp³-hybridized carbons (Fsp3) is 0.400. The molecule has 2 aromatic rings. The second kappa shape index (κ2) is 9.97. The highest BCUT2D eigenvalue weighted by molar-refractivity contribution is 7.90. The van der Waals surface area contributed by atoms with Gasteiger partial charge in [-0.25, -0.2) is 12.7 Å². The first kappa shape index (κ1) is 25.4. The first-order valence-electron chi connectivity index (χ1n) is 11.2. The average molecular weight is 486 g/mol. The molecule has 3 rings (SSSR count). The van der Waals surface area contributed by atoms with E-state index in [1.807, 2.05) is 51.1 Å². The maximum absolute atomic E-state index is 13.2. The maximum atomic E-state index is 13.2. The molecule has 0 radical (unpaired) electrons. The van der Waals surface area contributed by atoms with Crippen LogP contribution in [-0.4, -0.2) is 53.5 Å². The lowest BCUT2D eigenvalue weighted by atomic mass is 10.1. The number of nitrogens with zero attached hydrogens (tertiary/aromatic N) is 2. The first-order chi connectivity index (χ1) is 15.9. The minimum atomic E-state index is -3.92. The number of nitrogens with one attached hydrogen (secondary N) is 1. The topological polar surface area (TPSA) is 104 Å². The fourth-order valence-electron chi connectivity index (χ4n) is 3.81. The summed E-state index contributed by atoms with van der Waals surface area (Å²) in [7, 11) is -3.92. The molecule has 34 heavy (non-hydrogen) atoms. The molecule has 0 saturated carbocycles. The van der Waals surface area contributed by atoms with Crippen molar-refractivity contribution in [2.75, 3.05) is 6.54 Å². The third-order valence-electron chi connectivity index (χ3n) is 5.53. The fourth-order valence-corrected chi connectivity index (χ4v) is 5.41. The highest BCUT2D eigenvalue weighted by Gasteiger charge is 2.40. The summed E-state index contributed by atoms with van der Waals surface area (Å²) in [6.45, 7) is 7.41. The van der Waals surface area contributed by atoms with Gasteiger partial charge in [-0.2, -0.15) is 0 Å². The van der Waals surface area contributed by atoms with E-state index in [1.165, 1.54) is 17.0 Å². The molecule has 0 bridgehead atoms. The van der Waals surface area contributed by atoms with Gasteiger partial charge in [0.25, 0.3) is 15.9 Å². The summed E-state index contributed by atoms with van der Waals surface area (Å²) in [5.74, 6) is -1.14. The van der Waals surface area contributed by atoms with E-state index in [0.29, 0.717) is 0 Å². The van der Waals surface area contributed by atoms with Gasteiger partial charge in [0, 0.05) is 25.0 Å². The molecule has 9 heteroatoms. The minimum absolute atomic E-state index is 0.00435. The van der Waals surface area contributed by atoms with Crippen LogP contribution in [0.15, 0.2) is 59.5 Å². The second-order valence-electron chi connectivity index (χ2n) is 9.40. The molecular formula is C25H31N3O5S. The minimum Gasteiger partial charge on any atom is -0.350 e. The monoisotopic (exact) mass is 485 g/mol. The van der Waals surface area contributed by atoms with Crippen molar-refractivity contribution < 1.29 is 22.8 Å². The van der Waals surface area contributed by atoms with Crippen molar-refractivity contribution in [2.45, 2.75) is 63.6 Å². The van der Waals surface area contributed by atoms with Crippen molar-refractivity contribution in [3.8, 4) is 0 Å². The third-order valence-corrected chi connectivity index (χ3v) is 7.37. The summed E-state index contributed by atoms with van der Waals surface area (Å²) in [6, 6.07) is 14.7. The largest absolute Gasteiger partial charge is 0.350 e. The first-order valence-corrected chi connectivity index (χ1v) is 12.7. The van der Waals surface area contributed by atoms with Crippen LogP contribution in [0.3, 0.4) is 0 Å². The van der Waals surface area contributed by atoms with Crippen LogP contribution in [0.5, 0.6) is 0 Å². The van der Waals surface area contributed by atoms with Crippen LogP contribution in [0.1, 0.15) is 56.5 Å². The number of hydrogen-bond donors (Lipinski definition) is 1. The molecule has 182 valence electrons. The predicted octanol–water partition coefficient (Wildman–Crippen LogP) is 2.94. The summed E-state index contributed by atoms with van der Waals surface area (Å²) in [4.78, 5) is 40.1. The van der Waals surface area contributed by atoms with E-state index in [0.717, 1.165) is 9.87 Å². The molecule has 2 aromatic carbocycles. The number of fused-ring (bicyclic) bond motifs is 1. The van der Waals surface area contributed by atoms with Crippen LogP contribution in [-0.2, 0) is 26.2 Å². The lowest BCUT2D eigenvalue weighted by Crippen LogP contribution is -2.52. The Bertz CT molecular complexity index is 1170. The number of amides is 3. The molecule has 0 fully saturated rings. The number of carbonyl (C=O) groups is 3. The van der Waals surface area contributed by atoms with E-state index in [-0.39, 0.29) is 48.2 Å². The summed E-state index contributed by atoms with van der Waals surface area (Å²) >= 11 is 0. The normalized spacial score (nSPS) is 15.5. The molecule has 8 nitrogen and oxygen atoms in total. The smallest absolute Gasteiger partial charge is 0.269 e. The van der Waals surface area contributed by atoms with Gasteiger partial charge in [0.1, 0.15) is 10.9 Å². The van der Waals surface area contributed by atoms with Crippen LogP contribution in [0.2, 0.25) is 0 Å². The molecule has 1 aliphatic heterocycles. The molecule has 1 N–H and O–H groups in total. The number of sulfonamides is 1. The zero-order valence-electron chi connectivity index (χ0n) is 19.9. The highest BCUT2D eigenvalue weighted by atomic mass is 32.2. The third kappa shape index (κ3) is 5.64. The Morgan fingerprint density at radius 1 is 1.03 bits per heavy atom. The van der Waals surface area contributed by atoms with Crippen LogP contribution in [0, 0.1) is 0 Å². The summed E-state index contributed by atoms with van der Waals surface area (Å²) in [5, 5.41) is 2.90. The molecule has 1 aliphatic rings. The lowest BCUT2D eigenvalue weighted by Gasteiger charge is -2.31. The van der Waals surface area contributed by atoms with Gasteiger partial charge in [-0.05, 0) is 51.8 Å². The van der Waals surface area contributed by atoms with E-state index in [2.05, 4.69) is 5.32 Å². The van der Waals surface area contributed by atoms with E-state index in [1.54, 1.807) is 19.1 Å². The van der Waals surface area contributed by atoms with Gasteiger partial charge in [0.05, 0.1) is 5.56 Å². The zero-order valence-corrected chi connectivity index (χ0v) is 20.8. The van der Waals surface area contributed by atoms with Gasteiger partial charge >= 0.3 is 0 Å². The standard InChI is InChI=1S/C25H31N3O5S/c1-18(23(30)26-25(2,3)4)27(17-19-11-6-5-7-12-19)22(29)15-10-16-28-24(31)20-13-8-9-14-21(20)34(28,32)33/h5-9,11-14,18H,10,15-17H2,1-4H3,(H,26,30)/t18-/m1/s1. The number of carbonyl (C=O) groups excluding carboxylic acids is 3. The Morgan fingerprint density at radius 2 is 1.65 bits per heavy atom. The van der Waals surface area contributed by atoms with Crippen LogP contribution < -0.4 is 5.32 Å². The molecule has 0 aliphatic carbocycles. The Balaban J connectivity index is 1.70. The highest BCUT2D eigenvalue weighted by Crippen LogP contribution is 2.30. The number of benzene rings is 2. The Kier molecular flexibility index (Phi) is 7.45. The zero-order chi connectivity index (χ0) is 25.1. The van der Waals surface area contributed by atoms with Crippen LogP contribution >= 0.6 is 0 Å². The van der Waals surface area contributed by atoms with Gasteiger partial charge in [-0.15, -0.1) is 0 Å². The average Bonchev–Trinajstić information content (AvgIpc) is 2.97. The van der Waals surface area contributed by atoms with Gasteiger partial charge in [-0.3, -0.25) is 14.4 Å². The van der Waals surface area contributed by atoms with Crippen molar-refractivity contribution in [3.05, 3.63) is 65.7 Å². The predicted molar refractivity (Wildman–Crippen MR) is 128 cm³/mol. The Morgan fingerprint density at radius 3 is 2.26 bits per heavy atom. The van der Waals surface area contributed by atoms with Crippen LogP contribution in [0.25, 0.3) is 0 Å². The number of hydrogen-bond acceptors (Lipinski definition) is 5. The van der Waals surface area contributed by atoms with Crippen molar-refractivity contribution in [1.82, 2.24) is 14.5 Å². The molecule has 0 aromatic heterocycles. The molecule has 1 heterocycles. The van der Waals surface area contributed by atoms with Gasteiger partial charge in [0.2, 0.25) is 11.8 Å². The van der Waals surface area contributed by atoms with Gasteiger partial charge < -0.3 is 10.2 Å². The van der Waals surface area contributed by atoms with Crippen molar-refractivity contribution in [3.63, 3.8) is 0 Å². The molecule has 0 saturated heterocycles. The summed E-state index contributed by atoms with van der Waals surface area (Å²) in [5.41, 5.74) is 0.567. The molecule has 3 amide bonds. The van der Waals surface area contributed by atoms with Gasteiger partial charge in [-0.1, -0.05) is 42.5 Å². The quantitative estimate of drug-likeness (QED) is 0.619. The molecular weight excluding hydrogens is 454 g/mol. The SMILES string of the molecule is C[C@H](C(=O)NC(C)(C)C)N(Cc1ccccc1)C(=O)CCCN1C(=O)c2ccccc2S1(=O)=O. The molecule has 1 atom stereocenters. The number of rotatable bonds is 8. The van der Waals surface area contributed by atoms with E-state index in [4.69, 9.17) is 0 Å². The summed E-state index contributed by atoms with van der Waals surface area (Å²) in [6.07, 6.45) is 0.145. The maximum Gasteiger partial charge on any atom is 0.269 e. The summed E-state index contributed by atoms with van der Waals surface area (Å²) < 4.78 is 26.3. The van der Waals surface area contributed by atoms with Crippen molar-refractivity contribution in [1.29, 1.82) is 0 Å². The Hall–Kier alpha value is -3.20. The van der Waals surface area contributed by atoms with Crippen molar-refractivity contribution >= 4 is 27.7 Å². The van der Waals surface area contributed by atoms with E-state index in [9.17, 15) is 22.8 Å². The second-order valence-corrected chi connectivity index (χ2v) is 11.2. The lowest BCUT2D eigenvalue weighted by molar-refractivity contribution is -0.141. The Labute approximate surface area is 201 Å². The van der Waals surface area contributed by atoms with Crippen LogP contribution in [0.4, 0.5) is 0 Å². The van der Waals surface area contributed by atoms with Gasteiger partial charge in [0.15, 0.2) is 0 Å². The molecule has 0 spiro atoms. The van der Waals surface area contributed by atoms with E-state index < -0.39 is 27.5 Å².